The Balaban J connectivity index is 2.50. The molecule has 0 atom stereocenters. The molecule has 0 aromatic heterocycles. The van der Waals surface area contributed by atoms with Crippen LogP contribution in [0.4, 0.5) is 5.69 Å². The number of ether oxygens (including phenoxy) is 1. The van der Waals surface area contributed by atoms with Gasteiger partial charge < -0.3 is 20.9 Å². The van der Waals surface area contributed by atoms with Crippen LogP contribution < -0.4 is 11.1 Å². The maximum Gasteiger partial charge on any atom is 0.0717 e. The van der Waals surface area contributed by atoms with Crippen molar-refractivity contribution in [1.29, 1.82) is 0 Å². The summed E-state index contributed by atoms with van der Waals surface area (Å²) in [5, 5.41) is 12.1. The molecule has 1 rings (SSSR count). The lowest BCUT2D eigenvalue weighted by molar-refractivity contribution is 0.115. The van der Waals surface area contributed by atoms with Gasteiger partial charge >= 0.3 is 0 Å². The largest absolute Gasteiger partial charge is 0.398 e. The summed E-state index contributed by atoms with van der Waals surface area (Å²) in [5.41, 5.74) is 9.10. The van der Waals surface area contributed by atoms with Crippen LogP contribution in [0.1, 0.15) is 44.2 Å². The van der Waals surface area contributed by atoms with Crippen molar-refractivity contribution in [2.24, 2.45) is 0 Å². The first-order chi connectivity index (χ1) is 10.0. The molecule has 1 aromatic rings. The molecule has 0 fully saturated rings. The summed E-state index contributed by atoms with van der Waals surface area (Å²) >= 11 is 3.51. The van der Waals surface area contributed by atoms with Crippen LogP contribution in [-0.2, 0) is 17.9 Å². The summed E-state index contributed by atoms with van der Waals surface area (Å²) in [6.07, 6.45) is 2.84. The Morgan fingerprint density at radius 1 is 1.29 bits per heavy atom. The Morgan fingerprint density at radius 2 is 2.05 bits per heavy atom. The van der Waals surface area contributed by atoms with Crippen molar-refractivity contribution in [2.45, 2.75) is 52.3 Å². The Kier molecular flexibility index (Phi) is 8.92. The van der Waals surface area contributed by atoms with Crippen LogP contribution in [0.5, 0.6) is 0 Å². The number of nitrogens with two attached hydrogens (primary N) is 1. The predicted octanol–water partition coefficient (Wildman–Crippen LogP) is 3.21. The third kappa shape index (κ3) is 7.27. The van der Waals surface area contributed by atoms with Crippen molar-refractivity contribution in [1.82, 2.24) is 5.32 Å². The molecule has 0 aliphatic rings. The van der Waals surface area contributed by atoms with E-state index in [0.717, 1.165) is 53.7 Å². The van der Waals surface area contributed by atoms with Gasteiger partial charge in [-0.15, -0.1) is 0 Å². The highest BCUT2D eigenvalue weighted by molar-refractivity contribution is 9.10. The minimum atomic E-state index is 0.261. The minimum absolute atomic E-state index is 0.261. The Labute approximate surface area is 136 Å². The van der Waals surface area contributed by atoms with E-state index in [9.17, 15) is 0 Å². The molecular formula is C16H27BrN2O2. The lowest BCUT2D eigenvalue weighted by atomic mass is 10.1. The quantitative estimate of drug-likeness (QED) is 0.443. The van der Waals surface area contributed by atoms with Crippen LogP contribution in [0.25, 0.3) is 0 Å². The van der Waals surface area contributed by atoms with Crippen molar-refractivity contribution < 1.29 is 9.84 Å². The monoisotopic (exact) mass is 358 g/mol. The zero-order valence-corrected chi connectivity index (χ0v) is 14.6. The molecule has 1 aromatic carbocycles. The molecule has 0 spiro atoms. The molecule has 0 saturated heterocycles. The third-order valence-electron chi connectivity index (χ3n) is 3.19. The summed E-state index contributed by atoms with van der Waals surface area (Å²) in [6.45, 7) is 6.56. The zero-order chi connectivity index (χ0) is 15.7. The molecular weight excluding hydrogens is 332 g/mol. The topological polar surface area (TPSA) is 67.5 Å². The van der Waals surface area contributed by atoms with Crippen molar-refractivity contribution in [3.05, 3.63) is 27.7 Å². The normalized spacial score (nSPS) is 11.3. The van der Waals surface area contributed by atoms with Crippen molar-refractivity contribution in [3.8, 4) is 0 Å². The van der Waals surface area contributed by atoms with E-state index in [-0.39, 0.29) is 6.61 Å². The van der Waals surface area contributed by atoms with Crippen LogP contribution in [0.3, 0.4) is 0 Å². The Hall–Kier alpha value is -0.620. The summed E-state index contributed by atoms with van der Waals surface area (Å²) in [4.78, 5) is 0. The van der Waals surface area contributed by atoms with Crippen molar-refractivity contribution in [3.63, 3.8) is 0 Å². The summed E-state index contributed by atoms with van der Waals surface area (Å²) < 4.78 is 6.60. The fourth-order valence-corrected chi connectivity index (χ4v) is 2.51. The summed E-state index contributed by atoms with van der Waals surface area (Å²) in [5.74, 6) is 0. The lowest BCUT2D eigenvalue weighted by Crippen LogP contribution is -2.22. The number of nitrogens with one attached hydrogen (secondary N) is 1. The first-order valence-electron chi connectivity index (χ1n) is 7.53. The second-order valence-corrected chi connectivity index (χ2v) is 6.38. The first-order valence-corrected chi connectivity index (χ1v) is 8.32. The molecule has 0 unspecified atom stereocenters. The van der Waals surface area contributed by atoms with E-state index >= 15 is 0 Å². The van der Waals surface area contributed by atoms with E-state index in [1.54, 1.807) is 0 Å². The van der Waals surface area contributed by atoms with E-state index in [1.165, 1.54) is 0 Å². The molecule has 0 amide bonds. The Morgan fingerprint density at radius 3 is 2.71 bits per heavy atom. The molecule has 4 nitrogen and oxygen atoms in total. The van der Waals surface area contributed by atoms with Gasteiger partial charge in [-0.1, -0.05) is 19.9 Å². The number of benzene rings is 1. The van der Waals surface area contributed by atoms with Crippen molar-refractivity contribution in [2.75, 3.05) is 18.9 Å². The number of aliphatic hydroxyl groups excluding tert-OH is 1. The highest BCUT2D eigenvalue weighted by atomic mass is 79.9. The standard InChI is InChI=1S/C16H27BrN2O2/c1-12(2)19-10-14-8-13(9-15(17)16(14)18)11-21-7-5-3-4-6-20/h8-9,12,19-20H,3-7,10-11,18H2,1-2H3. The number of hydrogen-bond donors (Lipinski definition) is 3. The van der Waals surface area contributed by atoms with Crippen LogP contribution in [0.2, 0.25) is 0 Å². The number of nitrogen functional groups attached to an aromatic ring is 1. The number of hydrogen-bond acceptors (Lipinski definition) is 4. The number of unbranched alkanes of at least 4 members (excludes halogenated alkanes) is 2. The summed E-state index contributed by atoms with van der Waals surface area (Å²) in [6, 6.07) is 4.54. The van der Waals surface area contributed by atoms with E-state index in [2.05, 4.69) is 41.2 Å². The highest BCUT2D eigenvalue weighted by Gasteiger charge is 2.07. The molecule has 0 radical (unpaired) electrons. The number of aliphatic hydroxyl groups is 1. The first kappa shape index (κ1) is 18.4. The minimum Gasteiger partial charge on any atom is -0.398 e. The Bertz CT molecular complexity index is 425. The van der Waals surface area contributed by atoms with Crippen LogP contribution in [0.15, 0.2) is 16.6 Å². The van der Waals surface area contributed by atoms with Gasteiger partial charge in [-0.05, 0) is 52.4 Å². The lowest BCUT2D eigenvalue weighted by Gasteiger charge is -2.14. The number of halogens is 1. The molecule has 0 heterocycles. The third-order valence-corrected chi connectivity index (χ3v) is 3.85. The summed E-state index contributed by atoms with van der Waals surface area (Å²) in [7, 11) is 0. The maximum atomic E-state index is 8.71. The molecule has 0 aliphatic heterocycles. The van der Waals surface area contributed by atoms with Gasteiger partial charge in [0.15, 0.2) is 0 Å². The van der Waals surface area contributed by atoms with Gasteiger partial charge in [0.1, 0.15) is 0 Å². The van der Waals surface area contributed by atoms with E-state index in [0.29, 0.717) is 12.6 Å². The molecule has 120 valence electrons. The molecule has 0 bridgehead atoms. The zero-order valence-electron chi connectivity index (χ0n) is 13.0. The van der Waals surface area contributed by atoms with Crippen LogP contribution in [0, 0.1) is 0 Å². The molecule has 4 N–H and O–H groups in total. The van der Waals surface area contributed by atoms with Crippen LogP contribution in [-0.4, -0.2) is 24.4 Å². The second kappa shape index (κ2) is 10.2. The van der Waals surface area contributed by atoms with Crippen LogP contribution >= 0.6 is 15.9 Å². The maximum absolute atomic E-state index is 8.71. The number of rotatable bonds is 10. The van der Waals surface area contributed by atoms with Gasteiger partial charge in [0, 0.05) is 30.3 Å². The van der Waals surface area contributed by atoms with Crippen molar-refractivity contribution >= 4 is 21.6 Å². The SMILES string of the molecule is CC(C)NCc1cc(COCCCCCO)cc(Br)c1N. The molecule has 21 heavy (non-hydrogen) atoms. The van der Waals surface area contributed by atoms with Gasteiger partial charge in [-0.2, -0.15) is 0 Å². The predicted molar refractivity (Wildman–Crippen MR) is 91.1 cm³/mol. The molecule has 5 heteroatoms. The van der Waals surface area contributed by atoms with Gasteiger partial charge in [0.25, 0.3) is 0 Å². The smallest absolute Gasteiger partial charge is 0.0717 e. The fourth-order valence-electron chi connectivity index (χ4n) is 1.96. The average molecular weight is 359 g/mol. The van der Waals surface area contributed by atoms with E-state index < -0.39 is 0 Å². The average Bonchev–Trinajstić information content (AvgIpc) is 2.44. The fraction of sp³-hybridized carbons (Fsp3) is 0.625. The highest BCUT2D eigenvalue weighted by Crippen LogP contribution is 2.26. The second-order valence-electron chi connectivity index (χ2n) is 5.52. The van der Waals surface area contributed by atoms with Gasteiger partial charge in [-0.25, -0.2) is 0 Å². The number of anilines is 1. The van der Waals surface area contributed by atoms with E-state index in [1.807, 2.05) is 6.07 Å². The van der Waals surface area contributed by atoms with E-state index in [4.69, 9.17) is 15.6 Å². The van der Waals surface area contributed by atoms with Gasteiger partial charge in [0.05, 0.1) is 12.3 Å². The molecule has 0 aliphatic carbocycles. The molecule has 0 saturated carbocycles. The van der Waals surface area contributed by atoms with Gasteiger partial charge in [-0.3, -0.25) is 0 Å². The van der Waals surface area contributed by atoms with Gasteiger partial charge in [0.2, 0.25) is 0 Å².